The van der Waals surface area contributed by atoms with Crippen molar-refractivity contribution in [3.8, 4) is 0 Å². The Morgan fingerprint density at radius 3 is 2.93 bits per heavy atom. The molecule has 0 radical (unpaired) electrons. The topological polar surface area (TPSA) is 47.1 Å². The molecule has 1 saturated carbocycles. The first-order valence-electron chi connectivity index (χ1n) is 5.81. The summed E-state index contributed by atoms with van der Waals surface area (Å²) in [5.41, 5.74) is 7.25. The number of aromatic nitrogens is 2. The molecule has 1 saturated heterocycles. The quantitative estimate of drug-likeness (QED) is 0.794. The van der Waals surface area contributed by atoms with Crippen molar-refractivity contribution in [1.82, 2.24) is 14.5 Å². The van der Waals surface area contributed by atoms with Crippen molar-refractivity contribution in [2.45, 2.75) is 37.9 Å². The Morgan fingerprint density at radius 1 is 1.40 bits per heavy atom. The van der Waals surface area contributed by atoms with Gasteiger partial charge in [-0.25, -0.2) is 4.98 Å². The lowest BCUT2D eigenvalue weighted by Gasteiger charge is -2.16. The highest BCUT2D eigenvalue weighted by Gasteiger charge is 2.26. The molecule has 2 heterocycles. The van der Waals surface area contributed by atoms with E-state index in [-0.39, 0.29) is 0 Å². The van der Waals surface area contributed by atoms with Crippen molar-refractivity contribution < 1.29 is 0 Å². The summed E-state index contributed by atoms with van der Waals surface area (Å²) in [4.78, 5) is 6.68. The van der Waals surface area contributed by atoms with E-state index in [1.165, 1.54) is 18.5 Å². The van der Waals surface area contributed by atoms with Crippen molar-refractivity contribution in [3.63, 3.8) is 0 Å². The summed E-state index contributed by atoms with van der Waals surface area (Å²) in [5.74, 6) is 0. The Balaban J connectivity index is 1.68. The highest BCUT2D eigenvalue weighted by molar-refractivity contribution is 5.04. The van der Waals surface area contributed by atoms with E-state index in [4.69, 9.17) is 5.73 Å². The summed E-state index contributed by atoms with van der Waals surface area (Å²) in [6.07, 6.45) is 7.76. The van der Waals surface area contributed by atoms with Crippen molar-refractivity contribution >= 4 is 0 Å². The van der Waals surface area contributed by atoms with Gasteiger partial charge in [0.1, 0.15) is 0 Å². The first-order chi connectivity index (χ1) is 7.33. The Labute approximate surface area is 90.1 Å². The molecule has 0 unspecified atom stereocenters. The molecule has 1 aromatic heterocycles. The second-order valence-electron chi connectivity index (χ2n) is 4.81. The summed E-state index contributed by atoms with van der Waals surface area (Å²) in [6, 6.07) is 1.11. The third-order valence-electron chi connectivity index (χ3n) is 3.38. The van der Waals surface area contributed by atoms with Gasteiger partial charge in [0.05, 0.1) is 12.0 Å². The maximum atomic E-state index is 5.90. The fourth-order valence-electron chi connectivity index (χ4n) is 2.37. The molecule has 4 nitrogen and oxygen atoms in total. The average molecular weight is 206 g/mol. The molecular weight excluding hydrogens is 188 g/mol. The zero-order valence-corrected chi connectivity index (χ0v) is 8.97. The zero-order valence-electron chi connectivity index (χ0n) is 8.97. The molecule has 2 N–H and O–H groups in total. The molecule has 2 aliphatic rings. The van der Waals surface area contributed by atoms with E-state index < -0.39 is 0 Å². The van der Waals surface area contributed by atoms with E-state index in [1.54, 1.807) is 0 Å². The van der Waals surface area contributed by atoms with Crippen molar-refractivity contribution in [3.05, 3.63) is 18.2 Å². The highest BCUT2D eigenvalue weighted by Crippen LogP contribution is 2.35. The zero-order chi connectivity index (χ0) is 10.3. The van der Waals surface area contributed by atoms with Crippen LogP contribution in [0.2, 0.25) is 0 Å². The molecule has 0 spiro atoms. The first-order valence-corrected chi connectivity index (χ1v) is 5.81. The van der Waals surface area contributed by atoms with Gasteiger partial charge in [-0.3, -0.25) is 4.90 Å². The minimum Gasteiger partial charge on any atom is -0.330 e. The number of hydrogen-bond acceptors (Lipinski definition) is 3. The van der Waals surface area contributed by atoms with Gasteiger partial charge in [0.15, 0.2) is 0 Å². The number of hydrogen-bond donors (Lipinski definition) is 1. The summed E-state index contributed by atoms with van der Waals surface area (Å²) >= 11 is 0. The fourth-order valence-corrected chi connectivity index (χ4v) is 2.37. The van der Waals surface area contributed by atoms with Crippen molar-refractivity contribution in [2.75, 3.05) is 13.1 Å². The van der Waals surface area contributed by atoms with Crippen LogP contribution >= 0.6 is 0 Å². The Morgan fingerprint density at radius 2 is 2.27 bits per heavy atom. The van der Waals surface area contributed by atoms with Gasteiger partial charge in [-0.2, -0.15) is 0 Å². The molecule has 1 aliphatic carbocycles. The van der Waals surface area contributed by atoms with Gasteiger partial charge < -0.3 is 10.3 Å². The molecule has 15 heavy (non-hydrogen) atoms. The van der Waals surface area contributed by atoms with Crippen LogP contribution in [-0.2, 0) is 6.54 Å². The summed E-state index contributed by atoms with van der Waals surface area (Å²) < 4.78 is 2.34. The van der Waals surface area contributed by atoms with E-state index in [2.05, 4.69) is 14.5 Å². The van der Waals surface area contributed by atoms with Gasteiger partial charge in [0.2, 0.25) is 0 Å². The average Bonchev–Trinajstić information content (AvgIpc) is 2.83. The second kappa shape index (κ2) is 3.61. The molecule has 2 fully saturated rings. The molecule has 82 valence electrons. The van der Waals surface area contributed by atoms with Crippen LogP contribution in [0.4, 0.5) is 0 Å². The normalized spacial score (nSPS) is 27.4. The largest absolute Gasteiger partial charge is 0.330 e. The SMILES string of the molecule is N[C@@H]1CCN(Cc2cncn2C2CC2)C1. The Bertz CT molecular complexity index is 342. The third kappa shape index (κ3) is 1.92. The fraction of sp³-hybridized carbons (Fsp3) is 0.727. The van der Waals surface area contributed by atoms with E-state index >= 15 is 0 Å². The Hall–Kier alpha value is -0.870. The van der Waals surface area contributed by atoms with Crippen LogP contribution in [0.15, 0.2) is 12.5 Å². The molecule has 1 aromatic rings. The molecule has 0 amide bonds. The van der Waals surface area contributed by atoms with Crippen molar-refractivity contribution in [2.24, 2.45) is 5.73 Å². The molecule has 1 aliphatic heterocycles. The number of nitrogens with two attached hydrogens (primary N) is 1. The monoisotopic (exact) mass is 206 g/mol. The van der Waals surface area contributed by atoms with Gasteiger partial charge >= 0.3 is 0 Å². The van der Waals surface area contributed by atoms with Crippen LogP contribution in [0.3, 0.4) is 0 Å². The first kappa shape index (κ1) is 9.36. The van der Waals surface area contributed by atoms with Crippen LogP contribution in [-0.4, -0.2) is 33.6 Å². The van der Waals surface area contributed by atoms with Gasteiger partial charge in [-0.05, 0) is 19.3 Å². The summed E-state index contributed by atoms with van der Waals surface area (Å²) in [5, 5.41) is 0. The minimum absolute atomic E-state index is 0.377. The van der Waals surface area contributed by atoms with Crippen LogP contribution in [0.25, 0.3) is 0 Å². The molecule has 0 bridgehead atoms. The van der Waals surface area contributed by atoms with Gasteiger partial charge in [-0.15, -0.1) is 0 Å². The standard InChI is InChI=1S/C11H18N4/c12-9-3-4-14(6-9)7-11-5-13-8-15(11)10-1-2-10/h5,8-10H,1-4,6-7,12H2/t9-/m1/s1. The molecular formula is C11H18N4. The number of rotatable bonds is 3. The predicted molar refractivity (Wildman–Crippen MR) is 58.4 cm³/mol. The van der Waals surface area contributed by atoms with E-state index in [0.29, 0.717) is 6.04 Å². The maximum Gasteiger partial charge on any atom is 0.0951 e. The summed E-state index contributed by atoms with van der Waals surface area (Å²) in [6.45, 7) is 3.19. The second-order valence-corrected chi connectivity index (χ2v) is 4.81. The minimum atomic E-state index is 0.377. The van der Waals surface area contributed by atoms with Crippen LogP contribution in [0.5, 0.6) is 0 Å². The lowest BCUT2D eigenvalue weighted by atomic mass is 10.3. The highest BCUT2D eigenvalue weighted by atomic mass is 15.2. The lowest BCUT2D eigenvalue weighted by molar-refractivity contribution is 0.317. The predicted octanol–water partition coefficient (Wildman–Crippen LogP) is 0.751. The molecule has 3 rings (SSSR count). The van der Waals surface area contributed by atoms with Crippen molar-refractivity contribution in [1.29, 1.82) is 0 Å². The van der Waals surface area contributed by atoms with Crippen LogP contribution in [0.1, 0.15) is 31.0 Å². The van der Waals surface area contributed by atoms with E-state index in [0.717, 1.165) is 32.1 Å². The third-order valence-corrected chi connectivity index (χ3v) is 3.38. The smallest absolute Gasteiger partial charge is 0.0951 e. The summed E-state index contributed by atoms with van der Waals surface area (Å²) in [7, 11) is 0. The lowest BCUT2D eigenvalue weighted by Crippen LogP contribution is -2.26. The maximum absolute atomic E-state index is 5.90. The van der Waals surface area contributed by atoms with Crippen LogP contribution in [0, 0.1) is 0 Å². The van der Waals surface area contributed by atoms with Gasteiger partial charge in [-0.1, -0.05) is 0 Å². The molecule has 1 atom stereocenters. The van der Waals surface area contributed by atoms with E-state index in [1.807, 2.05) is 12.5 Å². The van der Waals surface area contributed by atoms with Gasteiger partial charge in [0, 0.05) is 37.9 Å². The molecule has 0 aromatic carbocycles. The molecule has 4 heteroatoms. The Kier molecular flexibility index (Phi) is 2.25. The number of likely N-dealkylation sites (tertiary alicyclic amines) is 1. The van der Waals surface area contributed by atoms with E-state index in [9.17, 15) is 0 Å². The van der Waals surface area contributed by atoms with Gasteiger partial charge in [0.25, 0.3) is 0 Å². The number of nitrogens with zero attached hydrogens (tertiary/aromatic N) is 3. The number of imidazole rings is 1. The van der Waals surface area contributed by atoms with Crippen LogP contribution < -0.4 is 5.73 Å².